The summed E-state index contributed by atoms with van der Waals surface area (Å²) in [6.07, 6.45) is -3.04. The number of piperazine rings is 1. The van der Waals surface area contributed by atoms with Gasteiger partial charge in [0.15, 0.2) is 0 Å². The zero-order valence-corrected chi connectivity index (χ0v) is 36.3. The number of benzene rings is 2. The number of ether oxygens (including phenoxy) is 2. The molecule has 2 N–H and O–H groups in total. The minimum absolute atomic E-state index is 0.144. The molecule has 63 heavy (non-hydrogen) atoms. The Kier molecular flexibility index (Phi) is 13.7. The van der Waals surface area contributed by atoms with E-state index < -0.39 is 47.6 Å². The Morgan fingerprint density at radius 1 is 0.937 bits per heavy atom. The molecule has 2 unspecified atom stereocenters. The molecule has 2 aliphatic heterocycles. The van der Waals surface area contributed by atoms with Crippen LogP contribution in [0.25, 0.3) is 22.4 Å². The second-order valence-electron chi connectivity index (χ2n) is 17.1. The lowest BCUT2D eigenvalue weighted by Gasteiger charge is -2.40. The van der Waals surface area contributed by atoms with Crippen LogP contribution in [0.4, 0.5) is 38.7 Å². The number of halogens is 4. The molecule has 4 heterocycles. The van der Waals surface area contributed by atoms with Gasteiger partial charge in [-0.2, -0.15) is 9.90 Å². The maximum absolute atomic E-state index is 15.8. The highest BCUT2D eigenvalue weighted by Crippen LogP contribution is 2.37. The van der Waals surface area contributed by atoms with Gasteiger partial charge in [0.2, 0.25) is 5.91 Å². The molecule has 0 radical (unpaired) electrons. The van der Waals surface area contributed by atoms with Gasteiger partial charge in [0.25, 0.3) is 5.91 Å². The smallest absolute Gasteiger partial charge is 0.453 e. The number of alkyl carbamates (subject to hydrolysis) is 1. The van der Waals surface area contributed by atoms with Gasteiger partial charge in [-0.1, -0.05) is 51.1 Å². The van der Waals surface area contributed by atoms with Crippen LogP contribution in [0.3, 0.4) is 0 Å². The van der Waals surface area contributed by atoms with Crippen molar-refractivity contribution in [1.29, 1.82) is 0 Å². The van der Waals surface area contributed by atoms with Crippen LogP contribution in [-0.4, -0.2) is 106 Å². The summed E-state index contributed by atoms with van der Waals surface area (Å²) in [6, 6.07) is 11.7. The number of nitrogens with zero attached hydrogens (tertiary/aromatic N) is 6. The standard InChI is InChI=1S/C44H52F4N8O7/c1-25(2)37(52-41(59)61-8)40(58)55-23-26(3)19-35(55)38-50-22-33(51-38)29-11-9-28(10-12-29)30-13-15-34(32(45)20-30)56(63-44(46,47)48)39(57)31-14-16-36(49-21-31)54-18-17-53(24-27(54)4)42(60)62-43(5,6)7/h9-16,20-22,25-27,35,37H,17-19,23-24H2,1-8H3,(H,50,51)(H,52,59)/t26-,27?,35-,37?/m0/s1. The van der Waals surface area contributed by atoms with E-state index in [-0.39, 0.29) is 40.5 Å². The number of carbonyl (C=O) groups is 4. The number of alkyl halides is 3. The van der Waals surface area contributed by atoms with Crippen LogP contribution in [0.5, 0.6) is 0 Å². The molecular weight excluding hydrogens is 829 g/mol. The summed E-state index contributed by atoms with van der Waals surface area (Å²) in [4.78, 5) is 73.3. The Morgan fingerprint density at radius 2 is 1.62 bits per heavy atom. The molecule has 6 rings (SSSR count). The average molecular weight is 881 g/mol. The van der Waals surface area contributed by atoms with E-state index in [1.807, 2.05) is 32.6 Å². The molecule has 0 saturated carbocycles. The summed E-state index contributed by atoms with van der Waals surface area (Å²) in [5.74, 6) is -1.73. The van der Waals surface area contributed by atoms with E-state index in [2.05, 4.69) is 20.1 Å². The molecule has 2 aromatic heterocycles. The van der Waals surface area contributed by atoms with Crippen LogP contribution < -0.4 is 15.3 Å². The number of hydrogen-bond donors (Lipinski definition) is 2. The number of rotatable bonds is 10. The highest BCUT2D eigenvalue weighted by atomic mass is 19.4. The summed E-state index contributed by atoms with van der Waals surface area (Å²) in [6.45, 7) is 14.4. The predicted octanol–water partition coefficient (Wildman–Crippen LogP) is 8.11. The van der Waals surface area contributed by atoms with Crippen molar-refractivity contribution in [2.45, 2.75) is 85.0 Å². The molecule has 0 spiro atoms. The largest absolute Gasteiger partial charge is 0.544 e. The number of likely N-dealkylation sites (tertiary alicyclic amines) is 1. The van der Waals surface area contributed by atoms with Crippen LogP contribution in [0.15, 0.2) is 67.0 Å². The van der Waals surface area contributed by atoms with Gasteiger partial charge in [-0.05, 0) is 81.3 Å². The van der Waals surface area contributed by atoms with Gasteiger partial charge in [-0.3, -0.25) is 9.59 Å². The van der Waals surface area contributed by atoms with Crippen molar-refractivity contribution < 1.29 is 51.1 Å². The van der Waals surface area contributed by atoms with Crippen LogP contribution in [0.1, 0.15) is 77.1 Å². The predicted molar refractivity (Wildman–Crippen MR) is 225 cm³/mol. The van der Waals surface area contributed by atoms with E-state index in [1.165, 1.54) is 25.3 Å². The molecular formula is C44H52F4N8O7. The van der Waals surface area contributed by atoms with E-state index in [0.29, 0.717) is 66.6 Å². The zero-order valence-electron chi connectivity index (χ0n) is 36.3. The molecule has 2 saturated heterocycles. The van der Waals surface area contributed by atoms with Crippen LogP contribution in [0.2, 0.25) is 0 Å². The molecule has 338 valence electrons. The first-order valence-electron chi connectivity index (χ1n) is 20.5. The van der Waals surface area contributed by atoms with Gasteiger partial charge in [-0.25, -0.2) is 23.9 Å². The highest BCUT2D eigenvalue weighted by molar-refractivity contribution is 6.04. The number of anilines is 2. The zero-order chi connectivity index (χ0) is 46.0. The molecule has 0 bridgehead atoms. The number of aromatic nitrogens is 3. The summed E-state index contributed by atoms with van der Waals surface area (Å²) in [7, 11) is 1.24. The van der Waals surface area contributed by atoms with E-state index in [4.69, 9.17) is 14.5 Å². The first-order chi connectivity index (χ1) is 29.6. The van der Waals surface area contributed by atoms with Gasteiger partial charge in [0.05, 0.1) is 24.4 Å². The Hall–Kier alpha value is -6.24. The van der Waals surface area contributed by atoms with Crippen LogP contribution in [-0.2, 0) is 19.1 Å². The number of nitrogens with one attached hydrogen (secondary N) is 2. The second kappa shape index (κ2) is 18.6. The Bertz CT molecular complexity index is 2280. The highest BCUT2D eigenvalue weighted by Gasteiger charge is 2.41. The topological polar surface area (TPSA) is 163 Å². The molecule has 15 nitrogen and oxygen atoms in total. The fourth-order valence-electron chi connectivity index (χ4n) is 7.66. The van der Waals surface area contributed by atoms with Crippen molar-refractivity contribution >= 4 is 35.5 Å². The van der Waals surface area contributed by atoms with Gasteiger partial charge in [0.1, 0.15) is 34.8 Å². The lowest BCUT2D eigenvalue weighted by Crippen LogP contribution is -2.54. The number of aromatic amines is 1. The normalized spacial score (nSPS) is 18.6. The van der Waals surface area contributed by atoms with Gasteiger partial charge < -0.3 is 34.5 Å². The quantitative estimate of drug-likeness (QED) is 0.118. The average Bonchev–Trinajstić information content (AvgIpc) is 3.87. The van der Waals surface area contributed by atoms with Crippen molar-refractivity contribution in [1.82, 2.24) is 30.1 Å². The second-order valence-corrected chi connectivity index (χ2v) is 17.1. The maximum Gasteiger partial charge on any atom is 0.544 e. The maximum atomic E-state index is 15.8. The van der Waals surface area contributed by atoms with Crippen molar-refractivity contribution in [2.24, 2.45) is 11.8 Å². The third-order valence-corrected chi connectivity index (χ3v) is 10.7. The molecule has 2 aliphatic rings. The minimum atomic E-state index is -5.35. The third kappa shape index (κ3) is 11.1. The number of carbonyl (C=O) groups excluding carboxylic acids is 4. The number of H-pyrrole nitrogens is 1. The Labute approximate surface area is 362 Å². The monoisotopic (exact) mass is 880 g/mol. The number of hydrogen-bond acceptors (Lipinski definition) is 10. The number of amides is 4. The number of imidazole rings is 1. The van der Waals surface area contributed by atoms with Crippen LogP contribution >= 0.6 is 0 Å². The fourth-order valence-corrected chi connectivity index (χ4v) is 7.66. The van der Waals surface area contributed by atoms with Gasteiger partial charge in [-0.15, -0.1) is 13.2 Å². The van der Waals surface area contributed by atoms with Crippen molar-refractivity contribution in [3.63, 3.8) is 0 Å². The van der Waals surface area contributed by atoms with E-state index >= 15 is 4.39 Å². The molecule has 4 amide bonds. The number of pyridine rings is 1. The fraction of sp³-hybridized carbons (Fsp3) is 0.455. The number of methoxy groups -OCH3 is 1. The summed E-state index contributed by atoms with van der Waals surface area (Å²) in [5.41, 5.74) is 0.388. The molecule has 19 heteroatoms. The Balaban J connectivity index is 1.15. The SMILES string of the molecule is COC(=O)NC(C(=O)N1C[C@@H](C)C[C@H]1c1nc(-c2ccc(-c3ccc(N(OC(F)(F)F)C(=O)c4ccc(N5CCN(C(=O)OC(C)(C)C)CC5C)nc4)c(F)c3)cc2)c[nH]1)C(C)C. The summed E-state index contributed by atoms with van der Waals surface area (Å²) >= 11 is 0. The Morgan fingerprint density at radius 3 is 2.21 bits per heavy atom. The molecule has 2 fully saturated rings. The molecule has 4 aromatic rings. The first-order valence-corrected chi connectivity index (χ1v) is 20.5. The van der Waals surface area contributed by atoms with Crippen molar-refractivity contribution in [3.8, 4) is 22.4 Å². The van der Waals surface area contributed by atoms with E-state index in [1.54, 1.807) is 61.0 Å². The van der Waals surface area contributed by atoms with Crippen molar-refractivity contribution in [3.05, 3.63) is 84.2 Å². The van der Waals surface area contributed by atoms with E-state index in [0.717, 1.165) is 18.3 Å². The van der Waals surface area contributed by atoms with Crippen molar-refractivity contribution in [2.75, 3.05) is 43.3 Å². The van der Waals surface area contributed by atoms with Gasteiger partial charge in [0, 0.05) is 50.2 Å². The van der Waals surface area contributed by atoms with Crippen LogP contribution in [0, 0.1) is 17.7 Å². The lowest BCUT2D eigenvalue weighted by molar-refractivity contribution is -0.325. The molecule has 4 atom stereocenters. The number of hydroxylamine groups is 1. The third-order valence-electron chi connectivity index (χ3n) is 10.7. The van der Waals surface area contributed by atoms with E-state index in [9.17, 15) is 32.3 Å². The molecule has 0 aliphatic carbocycles. The lowest BCUT2D eigenvalue weighted by atomic mass is 10.0. The minimum Gasteiger partial charge on any atom is -0.453 e. The summed E-state index contributed by atoms with van der Waals surface area (Å²) < 4.78 is 67.0. The first kappa shape index (κ1) is 46.3. The van der Waals surface area contributed by atoms with Gasteiger partial charge >= 0.3 is 18.5 Å². The molecule has 2 aromatic carbocycles. The summed E-state index contributed by atoms with van der Waals surface area (Å²) in [5, 5.41) is 2.50.